The highest BCUT2D eigenvalue weighted by Gasteiger charge is 2.34. The van der Waals surface area contributed by atoms with Crippen LogP contribution in [-0.2, 0) is 16.1 Å². The minimum Gasteiger partial charge on any atom is -0.353 e. The average molecular weight is 463 g/mol. The van der Waals surface area contributed by atoms with E-state index < -0.39 is 34.1 Å². The van der Waals surface area contributed by atoms with Crippen molar-refractivity contribution in [2.45, 2.75) is 6.54 Å². The summed E-state index contributed by atoms with van der Waals surface area (Å²) in [6.07, 6.45) is 2.50. The van der Waals surface area contributed by atoms with Gasteiger partial charge in [-0.3, -0.25) is 38.8 Å². The van der Waals surface area contributed by atoms with Gasteiger partial charge < -0.3 is 5.32 Å². The van der Waals surface area contributed by atoms with Crippen molar-refractivity contribution in [2.24, 2.45) is 0 Å². The maximum Gasteiger partial charge on any atom is 0.293 e. The van der Waals surface area contributed by atoms with E-state index in [1.807, 2.05) is 0 Å². The second kappa shape index (κ2) is 9.58. The predicted molar refractivity (Wildman–Crippen MR) is 114 cm³/mol. The number of nitrogens with one attached hydrogen (secondary N) is 1. The van der Waals surface area contributed by atoms with E-state index in [2.05, 4.69) is 5.32 Å². The molecule has 1 aromatic carbocycles. The molecule has 1 N–H and O–H groups in total. The van der Waals surface area contributed by atoms with Gasteiger partial charge >= 0.3 is 0 Å². The molecule has 0 saturated carbocycles. The minimum absolute atomic E-state index is 0.0417. The van der Waals surface area contributed by atoms with Crippen LogP contribution in [0.15, 0.2) is 52.3 Å². The second-order valence-corrected chi connectivity index (χ2v) is 7.72. The van der Waals surface area contributed by atoms with E-state index in [0.29, 0.717) is 10.6 Å². The van der Waals surface area contributed by atoms with Crippen LogP contribution in [-0.4, -0.2) is 44.5 Å². The van der Waals surface area contributed by atoms with Crippen LogP contribution in [0.1, 0.15) is 5.56 Å². The van der Waals surface area contributed by atoms with Crippen molar-refractivity contribution < 1.29 is 19.3 Å². The van der Waals surface area contributed by atoms with Crippen LogP contribution < -0.4 is 10.9 Å². The Balaban J connectivity index is 1.58. The number of carbonyl (C=O) groups excluding carboxylic acids is 3. The number of amides is 3. The number of benzene rings is 1. The minimum atomic E-state index is -0.677. The molecule has 12 heteroatoms. The molecule has 2 heterocycles. The highest BCUT2D eigenvalue weighted by Crippen LogP contribution is 2.33. The molecule has 10 nitrogen and oxygen atoms in total. The molecular formula is C19H15ClN4O6S. The third kappa shape index (κ3) is 5.38. The summed E-state index contributed by atoms with van der Waals surface area (Å²) in [5, 5.41) is 13.2. The van der Waals surface area contributed by atoms with Crippen molar-refractivity contribution in [3.05, 3.63) is 78.6 Å². The first-order valence-electron chi connectivity index (χ1n) is 8.88. The molecule has 1 aliphatic rings. The Morgan fingerprint density at radius 1 is 1.19 bits per heavy atom. The number of rotatable bonds is 7. The summed E-state index contributed by atoms with van der Waals surface area (Å²) in [6.45, 7) is -0.547. The summed E-state index contributed by atoms with van der Waals surface area (Å²) < 4.78 is 0.903. The van der Waals surface area contributed by atoms with Gasteiger partial charge in [0.2, 0.25) is 5.91 Å². The van der Waals surface area contributed by atoms with Crippen LogP contribution in [0.4, 0.5) is 10.5 Å². The fourth-order valence-electron chi connectivity index (χ4n) is 2.69. The van der Waals surface area contributed by atoms with E-state index in [4.69, 9.17) is 11.6 Å². The van der Waals surface area contributed by atoms with E-state index >= 15 is 0 Å². The first-order valence-corrected chi connectivity index (χ1v) is 10.1. The highest BCUT2D eigenvalue weighted by atomic mass is 35.5. The number of carbonyl (C=O) groups is 3. The lowest BCUT2D eigenvalue weighted by atomic mass is 10.2. The van der Waals surface area contributed by atoms with E-state index in [1.165, 1.54) is 6.08 Å². The molecular weight excluding hydrogens is 448 g/mol. The number of imide groups is 1. The van der Waals surface area contributed by atoms with Gasteiger partial charge in [-0.2, -0.15) is 0 Å². The normalized spacial score (nSPS) is 14.9. The maximum absolute atomic E-state index is 12.5. The summed E-state index contributed by atoms with van der Waals surface area (Å²) in [6, 6.07) is 8.93. The Morgan fingerprint density at radius 2 is 1.94 bits per heavy atom. The standard InChI is InChI=1S/C19H15ClN4O6S/c20-14-4-2-1-3-12(14)9-15-18(27)23(19(28)31-15)8-7-21-16(25)11-22-10-13(24(29)30)5-6-17(22)26/h1-6,9-10H,7-8,11H2,(H,21,25)/b15-9-. The van der Waals surface area contributed by atoms with Crippen LogP contribution in [0.5, 0.6) is 0 Å². The number of nitrogens with zero attached hydrogens (tertiary/aromatic N) is 3. The van der Waals surface area contributed by atoms with Gasteiger partial charge in [0.15, 0.2) is 0 Å². The summed E-state index contributed by atoms with van der Waals surface area (Å²) in [7, 11) is 0. The molecule has 0 unspecified atom stereocenters. The first-order chi connectivity index (χ1) is 14.8. The number of nitro groups is 1. The van der Waals surface area contributed by atoms with Crippen molar-refractivity contribution in [3.8, 4) is 0 Å². The lowest BCUT2D eigenvalue weighted by molar-refractivity contribution is -0.385. The molecule has 1 aliphatic heterocycles. The smallest absolute Gasteiger partial charge is 0.293 e. The Kier molecular flexibility index (Phi) is 6.88. The van der Waals surface area contributed by atoms with Gasteiger partial charge in [-0.1, -0.05) is 29.8 Å². The lowest BCUT2D eigenvalue weighted by Crippen LogP contribution is -2.39. The molecule has 3 amide bonds. The summed E-state index contributed by atoms with van der Waals surface area (Å²) in [4.78, 5) is 59.8. The molecule has 0 bridgehead atoms. The van der Waals surface area contributed by atoms with E-state index in [0.717, 1.165) is 39.6 Å². The van der Waals surface area contributed by atoms with Crippen LogP contribution in [0.3, 0.4) is 0 Å². The van der Waals surface area contributed by atoms with Crippen molar-refractivity contribution in [1.82, 2.24) is 14.8 Å². The topological polar surface area (TPSA) is 132 Å². The number of thioether (sulfide) groups is 1. The summed E-state index contributed by atoms with van der Waals surface area (Å²) in [5.74, 6) is -1.10. The molecule has 1 aromatic heterocycles. The van der Waals surface area contributed by atoms with Gasteiger partial charge in [0.1, 0.15) is 6.54 Å². The number of aromatic nitrogens is 1. The molecule has 31 heavy (non-hydrogen) atoms. The highest BCUT2D eigenvalue weighted by molar-refractivity contribution is 8.18. The predicted octanol–water partition coefficient (Wildman–Crippen LogP) is 2.26. The van der Waals surface area contributed by atoms with Gasteiger partial charge in [0.05, 0.1) is 16.0 Å². The van der Waals surface area contributed by atoms with Crippen LogP contribution in [0.25, 0.3) is 6.08 Å². The second-order valence-electron chi connectivity index (χ2n) is 6.32. The fraction of sp³-hybridized carbons (Fsp3) is 0.158. The van der Waals surface area contributed by atoms with Crippen LogP contribution >= 0.6 is 23.4 Å². The number of hydrogen-bond donors (Lipinski definition) is 1. The van der Waals surface area contributed by atoms with Gasteiger partial charge in [-0.15, -0.1) is 0 Å². The zero-order chi connectivity index (χ0) is 22.5. The van der Waals surface area contributed by atoms with Gasteiger partial charge in [0, 0.05) is 30.2 Å². The Labute approximate surface area is 184 Å². The molecule has 0 atom stereocenters. The number of hydrogen-bond acceptors (Lipinski definition) is 7. The quantitative estimate of drug-likeness (QED) is 0.379. The number of pyridine rings is 1. The van der Waals surface area contributed by atoms with Crippen LogP contribution in [0, 0.1) is 10.1 Å². The van der Waals surface area contributed by atoms with Crippen molar-refractivity contribution in [3.63, 3.8) is 0 Å². The lowest BCUT2D eigenvalue weighted by Gasteiger charge is -2.13. The van der Waals surface area contributed by atoms with Gasteiger partial charge in [0.25, 0.3) is 22.4 Å². The maximum atomic E-state index is 12.5. The molecule has 160 valence electrons. The Bertz CT molecular complexity index is 1160. The van der Waals surface area contributed by atoms with Crippen molar-refractivity contribution in [2.75, 3.05) is 13.1 Å². The molecule has 1 saturated heterocycles. The molecule has 2 aromatic rings. The molecule has 1 fully saturated rings. The Hall–Kier alpha value is -3.44. The van der Waals surface area contributed by atoms with Gasteiger partial charge in [-0.25, -0.2) is 0 Å². The third-order valence-electron chi connectivity index (χ3n) is 4.22. The fourth-order valence-corrected chi connectivity index (χ4v) is 3.74. The van der Waals surface area contributed by atoms with E-state index in [1.54, 1.807) is 24.3 Å². The van der Waals surface area contributed by atoms with Crippen molar-refractivity contribution >= 4 is 52.2 Å². The zero-order valence-electron chi connectivity index (χ0n) is 15.8. The molecule has 0 spiro atoms. The molecule has 0 radical (unpaired) electrons. The SMILES string of the molecule is O=C(Cn1cc([N+](=O)[O-])ccc1=O)NCCN1C(=O)S/C(=C\c2ccccc2Cl)C1=O. The summed E-state index contributed by atoms with van der Waals surface area (Å²) >= 11 is 6.84. The first kappa shape index (κ1) is 22.2. The monoisotopic (exact) mass is 462 g/mol. The number of halogens is 1. The average Bonchev–Trinajstić information content (AvgIpc) is 2.98. The van der Waals surface area contributed by atoms with Crippen LogP contribution in [0.2, 0.25) is 5.02 Å². The summed E-state index contributed by atoms with van der Waals surface area (Å²) in [5.41, 5.74) is -0.294. The molecule has 0 aliphatic carbocycles. The molecule has 3 rings (SSSR count). The van der Waals surface area contributed by atoms with E-state index in [9.17, 15) is 29.3 Å². The van der Waals surface area contributed by atoms with E-state index in [-0.39, 0.29) is 23.7 Å². The Morgan fingerprint density at radius 3 is 2.65 bits per heavy atom. The largest absolute Gasteiger partial charge is 0.353 e. The zero-order valence-corrected chi connectivity index (χ0v) is 17.4. The third-order valence-corrected chi connectivity index (χ3v) is 5.47. The van der Waals surface area contributed by atoms with Gasteiger partial charge in [-0.05, 0) is 29.5 Å². The van der Waals surface area contributed by atoms with Crippen molar-refractivity contribution in [1.29, 1.82) is 0 Å².